The highest BCUT2D eigenvalue weighted by Crippen LogP contribution is 2.44. The molecule has 4 unspecified atom stereocenters. The number of urea groups is 1. The van der Waals surface area contributed by atoms with Gasteiger partial charge in [-0.25, -0.2) is 4.79 Å². The average Bonchev–Trinajstić information content (AvgIpc) is 2.89. The number of hydrogen-bond acceptors (Lipinski definition) is 2. The minimum Gasteiger partial charge on any atom is -0.481 e. The molecule has 0 aromatic carbocycles. The molecule has 5 heteroatoms. The van der Waals surface area contributed by atoms with E-state index in [2.05, 4.69) is 10.6 Å². The fraction of sp³-hybridized carbons (Fsp3) is 0.846. The van der Waals surface area contributed by atoms with Crippen LogP contribution in [0.15, 0.2) is 0 Å². The predicted molar refractivity (Wildman–Crippen MR) is 67.2 cm³/mol. The fourth-order valence-electron chi connectivity index (χ4n) is 3.33. The molecule has 5 nitrogen and oxygen atoms in total. The molecule has 3 N–H and O–H groups in total. The molecule has 0 spiro atoms. The first kappa shape index (κ1) is 13.2. The number of carbonyl (C=O) groups excluding carboxylic acids is 1. The van der Waals surface area contributed by atoms with E-state index in [1.54, 1.807) is 0 Å². The van der Waals surface area contributed by atoms with Crippen molar-refractivity contribution in [1.82, 2.24) is 10.6 Å². The molecule has 0 heterocycles. The van der Waals surface area contributed by atoms with E-state index >= 15 is 0 Å². The molecule has 0 aromatic heterocycles. The molecule has 2 aliphatic rings. The van der Waals surface area contributed by atoms with Crippen molar-refractivity contribution in [2.75, 3.05) is 0 Å². The van der Waals surface area contributed by atoms with Gasteiger partial charge in [0, 0.05) is 12.1 Å². The van der Waals surface area contributed by atoms with Gasteiger partial charge in [0.25, 0.3) is 0 Å². The molecule has 0 saturated heterocycles. The number of carbonyl (C=O) groups is 2. The number of carboxylic acid groups (broad SMARTS) is 1. The van der Waals surface area contributed by atoms with Crippen molar-refractivity contribution >= 4 is 12.0 Å². The van der Waals surface area contributed by atoms with Crippen molar-refractivity contribution in [3.05, 3.63) is 0 Å². The third kappa shape index (κ3) is 3.15. The minimum atomic E-state index is -0.873. The highest BCUT2D eigenvalue weighted by atomic mass is 16.4. The Balaban J connectivity index is 1.76. The van der Waals surface area contributed by atoms with Crippen molar-refractivity contribution in [2.24, 2.45) is 11.8 Å². The first-order valence-electron chi connectivity index (χ1n) is 6.87. The zero-order valence-electron chi connectivity index (χ0n) is 10.8. The summed E-state index contributed by atoms with van der Waals surface area (Å²) in [5.41, 5.74) is 0. The zero-order chi connectivity index (χ0) is 13.1. The van der Waals surface area contributed by atoms with Gasteiger partial charge in [0.15, 0.2) is 0 Å². The van der Waals surface area contributed by atoms with Crippen LogP contribution in [0.3, 0.4) is 0 Å². The van der Waals surface area contributed by atoms with E-state index < -0.39 is 5.97 Å². The van der Waals surface area contributed by atoms with Gasteiger partial charge in [-0.15, -0.1) is 0 Å². The summed E-state index contributed by atoms with van der Waals surface area (Å²) in [6, 6.07) is -0.187. The van der Waals surface area contributed by atoms with E-state index in [1.807, 2.05) is 6.92 Å². The Morgan fingerprint density at radius 2 is 2.11 bits per heavy atom. The second-order valence-electron chi connectivity index (χ2n) is 5.60. The lowest BCUT2D eigenvalue weighted by Crippen LogP contribution is -2.48. The van der Waals surface area contributed by atoms with Crippen LogP contribution in [0.25, 0.3) is 0 Å². The van der Waals surface area contributed by atoms with Crippen LogP contribution < -0.4 is 10.6 Å². The topological polar surface area (TPSA) is 78.4 Å². The van der Waals surface area contributed by atoms with Gasteiger partial charge in [0.2, 0.25) is 0 Å². The summed E-state index contributed by atoms with van der Waals surface area (Å²) in [6.07, 6.45) is 5.49. The molecular weight excluding hydrogens is 232 g/mol. The summed E-state index contributed by atoms with van der Waals surface area (Å²) in [6.45, 7) is 1.88. The molecule has 2 amide bonds. The fourth-order valence-corrected chi connectivity index (χ4v) is 3.33. The molecule has 2 bridgehead atoms. The zero-order valence-corrected chi connectivity index (χ0v) is 10.8. The molecule has 102 valence electrons. The standard InChI is InChI=1S/C13H22N2O3/c1-2-10(7-12(16)17)14-13(18)15-11-6-8-3-4-9(11)5-8/h8-11H,2-7H2,1H3,(H,16,17)(H2,14,15,18). The van der Waals surface area contributed by atoms with Gasteiger partial charge in [-0.05, 0) is 37.5 Å². The normalized spacial score (nSPS) is 31.1. The lowest BCUT2D eigenvalue weighted by molar-refractivity contribution is -0.137. The maximum absolute atomic E-state index is 11.8. The van der Waals surface area contributed by atoms with Gasteiger partial charge >= 0.3 is 12.0 Å². The van der Waals surface area contributed by atoms with E-state index in [-0.39, 0.29) is 18.5 Å². The van der Waals surface area contributed by atoms with E-state index in [9.17, 15) is 9.59 Å². The summed E-state index contributed by atoms with van der Waals surface area (Å²) in [7, 11) is 0. The first-order valence-corrected chi connectivity index (χ1v) is 6.87. The molecule has 18 heavy (non-hydrogen) atoms. The van der Waals surface area contributed by atoms with Gasteiger partial charge in [-0.3, -0.25) is 4.79 Å². The third-order valence-electron chi connectivity index (χ3n) is 4.30. The second-order valence-corrected chi connectivity index (χ2v) is 5.60. The highest BCUT2D eigenvalue weighted by Gasteiger charge is 2.40. The summed E-state index contributed by atoms with van der Waals surface area (Å²) < 4.78 is 0. The maximum Gasteiger partial charge on any atom is 0.315 e. The van der Waals surface area contributed by atoms with Gasteiger partial charge in [0.1, 0.15) is 0 Å². The smallest absolute Gasteiger partial charge is 0.315 e. The van der Waals surface area contributed by atoms with Crippen LogP contribution in [0.4, 0.5) is 4.79 Å². The lowest BCUT2D eigenvalue weighted by atomic mass is 9.95. The molecular formula is C13H22N2O3. The maximum atomic E-state index is 11.8. The molecule has 0 aliphatic heterocycles. The number of hydrogen-bond donors (Lipinski definition) is 3. The SMILES string of the molecule is CCC(CC(=O)O)NC(=O)NC1CC2CCC1C2. The van der Waals surface area contributed by atoms with Crippen molar-refractivity contribution in [3.8, 4) is 0 Å². The molecule has 2 saturated carbocycles. The van der Waals surface area contributed by atoms with Crippen molar-refractivity contribution in [2.45, 2.75) is 57.5 Å². The molecule has 2 fully saturated rings. The number of nitrogens with one attached hydrogen (secondary N) is 2. The quantitative estimate of drug-likeness (QED) is 0.699. The Morgan fingerprint density at radius 3 is 2.61 bits per heavy atom. The number of carboxylic acids is 1. The Kier molecular flexibility index (Phi) is 4.09. The van der Waals surface area contributed by atoms with E-state index in [4.69, 9.17) is 5.11 Å². The van der Waals surface area contributed by atoms with Gasteiger partial charge in [-0.2, -0.15) is 0 Å². The highest BCUT2D eigenvalue weighted by molar-refractivity contribution is 5.76. The summed E-state index contributed by atoms with van der Waals surface area (Å²) >= 11 is 0. The van der Waals surface area contributed by atoms with Crippen LogP contribution in [0.5, 0.6) is 0 Å². The average molecular weight is 254 g/mol. The first-order chi connectivity index (χ1) is 8.58. The largest absolute Gasteiger partial charge is 0.481 e. The van der Waals surface area contributed by atoms with Crippen LogP contribution in [0.2, 0.25) is 0 Å². The number of aliphatic carboxylic acids is 1. The van der Waals surface area contributed by atoms with Crippen molar-refractivity contribution in [1.29, 1.82) is 0 Å². The molecule has 2 rings (SSSR count). The van der Waals surface area contributed by atoms with E-state index in [0.29, 0.717) is 18.4 Å². The molecule has 0 aromatic rings. The van der Waals surface area contributed by atoms with Gasteiger partial charge < -0.3 is 15.7 Å². The van der Waals surface area contributed by atoms with Crippen LogP contribution in [-0.2, 0) is 4.79 Å². The summed E-state index contributed by atoms with van der Waals surface area (Å²) in [5.74, 6) is 0.559. The second kappa shape index (κ2) is 5.59. The van der Waals surface area contributed by atoms with Crippen LogP contribution in [0, 0.1) is 11.8 Å². The summed E-state index contributed by atoms with van der Waals surface area (Å²) in [4.78, 5) is 22.4. The Bertz CT molecular complexity index is 332. The number of amides is 2. The number of fused-ring (bicyclic) bond motifs is 2. The molecule has 2 aliphatic carbocycles. The summed E-state index contributed by atoms with van der Waals surface area (Å²) in [5, 5.41) is 14.5. The molecule has 4 atom stereocenters. The Hall–Kier alpha value is -1.26. The monoisotopic (exact) mass is 254 g/mol. The van der Waals surface area contributed by atoms with E-state index in [0.717, 1.165) is 12.3 Å². The van der Waals surface area contributed by atoms with Gasteiger partial charge in [-0.1, -0.05) is 13.3 Å². The van der Waals surface area contributed by atoms with Crippen molar-refractivity contribution in [3.63, 3.8) is 0 Å². The van der Waals surface area contributed by atoms with Crippen LogP contribution >= 0.6 is 0 Å². The Labute approximate surface area is 107 Å². The van der Waals surface area contributed by atoms with Crippen molar-refractivity contribution < 1.29 is 14.7 Å². The predicted octanol–water partition coefficient (Wildman–Crippen LogP) is 1.73. The van der Waals surface area contributed by atoms with E-state index in [1.165, 1.54) is 19.3 Å². The van der Waals surface area contributed by atoms with Gasteiger partial charge in [0.05, 0.1) is 6.42 Å². The minimum absolute atomic E-state index is 0.0133. The van der Waals surface area contributed by atoms with Crippen LogP contribution in [-0.4, -0.2) is 29.2 Å². The number of rotatable bonds is 5. The lowest BCUT2D eigenvalue weighted by Gasteiger charge is -2.24. The Morgan fingerprint density at radius 1 is 1.33 bits per heavy atom. The third-order valence-corrected chi connectivity index (χ3v) is 4.30. The van der Waals surface area contributed by atoms with Crippen LogP contribution in [0.1, 0.15) is 45.4 Å². The molecule has 0 radical (unpaired) electrons.